The number of ether oxygens (including phenoxy) is 2. The maximum absolute atomic E-state index is 12.2. The first-order chi connectivity index (χ1) is 8.90. The van der Waals surface area contributed by atoms with Gasteiger partial charge in [-0.3, -0.25) is 9.69 Å². The monoisotopic (exact) mass is 263 g/mol. The summed E-state index contributed by atoms with van der Waals surface area (Å²) in [5.74, 6) is 0.511. The molecule has 0 aliphatic carbocycles. The average Bonchev–Trinajstić information content (AvgIpc) is 2.35. The molecule has 1 aliphatic heterocycles. The van der Waals surface area contributed by atoms with Gasteiger partial charge in [0.05, 0.1) is 12.2 Å². The summed E-state index contributed by atoms with van der Waals surface area (Å²) in [7, 11) is 0. The minimum atomic E-state index is -0.664. The van der Waals surface area contributed by atoms with Crippen LogP contribution in [0.4, 0.5) is 10.5 Å². The third-order valence-corrected chi connectivity index (χ3v) is 2.56. The summed E-state index contributed by atoms with van der Waals surface area (Å²) in [4.78, 5) is 24.5. The van der Waals surface area contributed by atoms with E-state index < -0.39 is 17.8 Å². The number of aldehydes is 1. The molecule has 0 saturated heterocycles. The molecule has 1 aromatic rings. The van der Waals surface area contributed by atoms with Gasteiger partial charge in [0, 0.05) is 0 Å². The molecule has 1 unspecified atom stereocenters. The number of benzene rings is 1. The lowest BCUT2D eigenvalue weighted by Gasteiger charge is -2.33. The second-order valence-corrected chi connectivity index (χ2v) is 5.35. The largest absolute Gasteiger partial charge is 0.479 e. The van der Waals surface area contributed by atoms with Gasteiger partial charge in [-0.25, -0.2) is 4.79 Å². The predicted molar refractivity (Wildman–Crippen MR) is 70.5 cm³/mol. The Bertz CT molecular complexity index is 492. The number of amides is 1. The molecule has 0 N–H and O–H groups in total. The van der Waals surface area contributed by atoms with E-state index in [-0.39, 0.29) is 6.54 Å². The molecule has 1 atom stereocenters. The van der Waals surface area contributed by atoms with Gasteiger partial charge in [0.25, 0.3) is 0 Å². The minimum Gasteiger partial charge on any atom is -0.479 e. The van der Waals surface area contributed by atoms with E-state index in [2.05, 4.69) is 0 Å². The van der Waals surface area contributed by atoms with E-state index >= 15 is 0 Å². The zero-order chi connectivity index (χ0) is 14.0. The number of rotatable bonds is 1. The molecule has 1 amide bonds. The molecule has 0 bridgehead atoms. The molecule has 1 aliphatic rings. The van der Waals surface area contributed by atoms with Crippen molar-refractivity contribution < 1.29 is 19.1 Å². The van der Waals surface area contributed by atoms with E-state index in [9.17, 15) is 9.59 Å². The Morgan fingerprint density at radius 2 is 2.11 bits per heavy atom. The van der Waals surface area contributed by atoms with E-state index in [4.69, 9.17) is 9.47 Å². The molecule has 19 heavy (non-hydrogen) atoms. The van der Waals surface area contributed by atoms with Crippen molar-refractivity contribution in [3.63, 3.8) is 0 Å². The summed E-state index contributed by atoms with van der Waals surface area (Å²) in [5, 5.41) is 0. The lowest BCUT2D eigenvalue weighted by atomic mass is 10.2. The van der Waals surface area contributed by atoms with Crippen molar-refractivity contribution >= 4 is 18.1 Å². The van der Waals surface area contributed by atoms with Crippen molar-refractivity contribution in [1.82, 2.24) is 0 Å². The third kappa shape index (κ3) is 3.05. The number of hydrogen-bond acceptors (Lipinski definition) is 4. The molecule has 0 aromatic heterocycles. The van der Waals surface area contributed by atoms with Crippen molar-refractivity contribution in [2.45, 2.75) is 32.5 Å². The number of hydrogen-bond donors (Lipinski definition) is 0. The van der Waals surface area contributed by atoms with E-state index in [1.54, 1.807) is 45.0 Å². The summed E-state index contributed by atoms with van der Waals surface area (Å²) in [6, 6.07) is 7.09. The highest BCUT2D eigenvalue weighted by atomic mass is 16.6. The molecule has 5 nitrogen and oxygen atoms in total. The topological polar surface area (TPSA) is 55.8 Å². The molecule has 2 rings (SSSR count). The molecule has 102 valence electrons. The van der Waals surface area contributed by atoms with Crippen molar-refractivity contribution in [3.05, 3.63) is 24.3 Å². The zero-order valence-corrected chi connectivity index (χ0v) is 11.3. The smallest absolute Gasteiger partial charge is 0.415 e. The van der Waals surface area contributed by atoms with Crippen LogP contribution in [-0.4, -0.2) is 30.6 Å². The van der Waals surface area contributed by atoms with Crippen LogP contribution in [-0.2, 0) is 9.53 Å². The maximum Gasteiger partial charge on any atom is 0.415 e. The molecule has 1 heterocycles. The van der Waals surface area contributed by atoms with Crippen LogP contribution >= 0.6 is 0 Å². The molecule has 5 heteroatoms. The van der Waals surface area contributed by atoms with Crippen LogP contribution in [0, 0.1) is 0 Å². The van der Waals surface area contributed by atoms with Gasteiger partial charge in [0.2, 0.25) is 0 Å². The van der Waals surface area contributed by atoms with E-state index in [1.807, 2.05) is 0 Å². The molecule has 0 spiro atoms. The highest BCUT2D eigenvalue weighted by Crippen LogP contribution is 2.33. The Hall–Kier alpha value is -2.04. The van der Waals surface area contributed by atoms with E-state index in [0.29, 0.717) is 17.7 Å². The molecular formula is C14H17NO4. The number of nitrogens with zero attached hydrogens (tertiary/aromatic N) is 1. The van der Waals surface area contributed by atoms with Crippen LogP contribution in [0.3, 0.4) is 0 Å². The SMILES string of the molecule is CC(C)(C)OC(=O)N1CC(C=O)Oc2ccccc21. The Morgan fingerprint density at radius 3 is 2.74 bits per heavy atom. The first-order valence-corrected chi connectivity index (χ1v) is 6.12. The third-order valence-electron chi connectivity index (χ3n) is 2.56. The highest BCUT2D eigenvalue weighted by Gasteiger charge is 2.32. The highest BCUT2D eigenvalue weighted by molar-refractivity contribution is 5.91. The molecular weight excluding hydrogens is 246 g/mol. The van der Waals surface area contributed by atoms with Gasteiger partial charge >= 0.3 is 6.09 Å². The van der Waals surface area contributed by atoms with Crippen LogP contribution in [0.5, 0.6) is 5.75 Å². The second-order valence-electron chi connectivity index (χ2n) is 5.35. The fourth-order valence-electron chi connectivity index (χ4n) is 1.82. The summed E-state index contributed by atoms with van der Waals surface area (Å²) in [5.41, 5.74) is 0.0379. The molecule has 0 fully saturated rings. The van der Waals surface area contributed by atoms with Gasteiger partial charge < -0.3 is 9.47 Å². The summed E-state index contributed by atoms with van der Waals surface area (Å²) in [6.07, 6.45) is -0.453. The average molecular weight is 263 g/mol. The van der Waals surface area contributed by atoms with Gasteiger partial charge in [0.1, 0.15) is 11.4 Å². The summed E-state index contributed by atoms with van der Waals surface area (Å²) < 4.78 is 10.8. The van der Waals surface area contributed by atoms with Gasteiger partial charge in [-0.2, -0.15) is 0 Å². The first-order valence-electron chi connectivity index (χ1n) is 6.12. The van der Waals surface area contributed by atoms with E-state index in [0.717, 1.165) is 0 Å². The number of fused-ring (bicyclic) bond motifs is 1. The lowest BCUT2D eigenvalue weighted by Crippen LogP contribution is -2.46. The first kappa shape index (κ1) is 13.4. The Kier molecular flexibility index (Phi) is 3.46. The summed E-state index contributed by atoms with van der Waals surface area (Å²) >= 11 is 0. The predicted octanol–water partition coefficient (Wildman–Crippen LogP) is 2.39. The quantitative estimate of drug-likeness (QED) is 0.730. The van der Waals surface area contributed by atoms with Crippen LogP contribution in [0.25, 0.3) is 0 Å². The molecule has 0 saturated carbocycles. The standard InChI is InChI=1S/C14H17NO4/c1-14(2,3)19-13(17)15-8-10(9-16)18-12-7-5-4-6-11(12)15/h4-7,9-10H,8H2,1-3H3. The van der Waals surface area contributed by atoms with Crippen molar-refractivity contribution in [2.75, 3.05) is 11.4 Å². The zero-order valence-electron chi connectivity index (χ0n) is 11.3. The molecule has 0 radical (unpaired) electrons. The number of anilines is 1. The normalized spacial score (nSPS) is 18.3. The van der Waals surface area contributed by atoms with Gasteiger partial charge in [-0.1, -0.05) is 12.1 Å². The maximum atomic E-state index is 12.2. The lowest BCUT2D eigenvalue weighted by molar-refractivity contribution is -0.113. The van der Waals surface area contributed by atoms with Crippen LogP contribution in [0.2, 0.25) is 0 Å². The van der Waals surface area contributed by atoms with Crippen molar-refractivity contribution in [3.8, 4) is 5.75 Å². The van der Waals surface area contributed by atoms with Crippen LogP contribution in [0.15, 0.2) is 24.3 Å². The number of para-hydroxylation sites is 2. The van der Waals surface area contributed by atoms with Gasteiger partial charge in [-0.15, -0.1) is 0 Å². The van der Waals surface area contributed by atoms with Gasteiger partial charge in [0.15, 0.2) is 12.4 Å². The Balaban J connectivity index is 2.29. The Labute approximate surface area is 112 Å². The summed E-state index contributed by atoms with van der Waals surface area (Å²) in [6.45, 7) is 5.56. The van der Waals surface area contributed by atoms with Crippen molar-refractivity contribution in [2.24, 2.45) is 0 Å². The van der Waals surface area contributed by atoms with Crippen LogP contribution in [0.1, 0.15) is 20.8 Å². The second kappa shape index (κ2) is 4.91. The number of carbonyl (C=O) groups excluding carboxylic acids is 2. The minimum absolute atomic E-state index is 0.162. The molecule has 1 aromatic carbocycles. The number of carbonyl (C=O) groups is 2. The fraction of sp³-hybridized carbons (Fsp3) is 0.429. The Morgan fingerprint density at radius 1 is 1.42 bits per heavy atom. The van der Waals surface area contributed by atoms with E-state index in [1.165, 1.54) is 4.90 Å². The van der Waals surface area contributed by atoms with Gasteiger partial charge in [-0.05, 0) is 32.9 Å². The van der Waals surface area contributed by atoms with Crippen LogP contribution < -0.4 is 9.64 Å². The fourth-order valence-corrected chi connectivity index (χ4v) is 1.82. The van der Waals surface area contributed by atoms with Crippen molar-refractivity contribution in [1.29, 1.82) is 0 Å².